The Morgan fingerprint density at radius 3 is 2.59 bits per heavy atom. The van der Waals surface area contributed by atoms with E-state index in [1.54, 1.807) is 68.8 Å². The van der Waals surface area contributed by atoms with Gasteiger partial charge in [-0.15, -0.1) is 0 Å². The maximum Gasteiger partial charge on any atom is 0.243 e. The third-order valence-corrected chi connectivity index (χ3v) is 7.21. The molecule has 0 N–H and O–H groups in total. The van der Waals surface area contributed by atoms with Crippen LogP contribution in [0.3, 0.4) is 0 Å². The third-order valence-electron chi connectivity index (χ3n) is 5.38. The minimum atomic E-state index is -3.74. The van der Waals surface area contributed by atoms with Crippen molar-refractivity contribution in [2.45, 2.75) is 30.4 Å². The molecule has 0 spiro atoms. The Morgan fingerprint density at radius 1 is 1.09 bits per heavy atom. The van der Waals surface area contributed by atoms with Crippen molar-refractivity contribution in [3.8, 4) is 22.8 Å². The molecule has 1 aliphatic rings. The quantitative estimate of drug-likeness (QED) is 0.482. The number of aromatic nitrogens is 1. The van der Waals surface area contributed by atoms with Crippen molar-refractivity contribution < 1.29 is 27.2 Å². The van der Waals surface area contributed by atoms with Crippen LogP contribution in [0.2, 0.25) is 0 Å². The molecule has 1 atom stereocenters. The molecule has 0 bridgehead atoms. The van der Waals surface area contributed by atoms with Crippen LogP contribution in [0.1, 0.15) is 18.5 Å². The van der Waals surface area contributed by atoms with E-state index in [0.29, 0.717) is 35.1 Å². The van der Waals surface area contributed by atoms with Gasteiger partial charge in [-0.05, 0) is 43.2 Å². The van der Waals surface area contributed by atoms with E-state index < -0.39 is 10.0 Å². The van der Waals surface area contributed by atoms with Gasteiger partial charge >= 0.3 is 0 Å². The smallest absolute Gasteiger partial charge is 0.243 e. The first kappa shape index (κ1) is 22.3. The highest BCUT2D eigenvalue weighted by Gasteiger charge is 2.30. The Morgan fingerprint density at radius 2 is 1.91 bits per heavy atom. The third kappa shape index (κ3) is 4.79. The summed E-state index contributed by atoms with van der Waals surface area (Å²) in [4.78, 5) is 0.233. The van der Waals surface area contributed by atoms with Gasteiger partial charge in [-0.1, -0.05) is 23.4 Å². The average Bonchev–Trinajstić information content (AvgIpc) is 3.51. The standard InChI is InChI=1S/C23H26N2O6S/c1-28-18-10-11-22(29-2)21(14-18)23-13-17(24-31-23)15-25(16-19-7-6-12-30-19)32(26,27)20-8-4-3-5-9-20/h3-5,8-11,13-14,19H,6-7,12,15-16H2,1-2H3/t19-/m1/s1. The van der Waals surface area contributed by atoms with Crippen LogP contribution in [0.5, 0.6) is 11.5 Å². The van der Waals surface area contributed by atoms with Crippen molar-refractivity contribution in [1.29, 1.82) is 0 Å². The Hall–Kier alpha value is -2.88. The van der Waals surface area contributed by atoms with Crippen LogP contribution >= 0.6 is 0 Å². The number of methoxy groups -OCH3 is 2. The highest BCUT2D eigenvalue weighted by atomic mass is 32.2. The lowest BCUT2D eigenvalue weighted by Gasteiger charge is -2.24. The summed E-state index contributed by atoms with van der Waals surface area (Å²) in [5.41, 5.74) is 1.16. The number of hydrogen-bond acceptors (Lipinski definition) is 7. The van der Waals surface area contributed by atoms with Gasteiger partial charge in [-0.25, -0.2) is 8.42 Å². The van der Waals surface area contributed by atoms with Crippen molar-refractivity contribution in [3.05, 3.63) is 60.3 Å². The molecule has 0 unspecified atom stereocenters. The van der Waals surface area contributed by atoms with E-state index in [0.717, 1.165) is 12.8 Å². The lowest BCUT2D eigenvalue weighted by Crippen LogP contribution is -2.37. The predicted octanol–water partition coefficient (Wildman–Crippen LogP) is 3.73. The van der Waals surface area contributed by atoms with Gasteiger partial charge in [-0.3, -0.25) is 0 Å². The van der Waals surface area contributed by atoms with E-state index in [1.165, 1.54) is 4.31 Å². The molecule has 32 heavy (non-hydrogen) atoms. The summed E-state index contributed by atoms with van der Waals surface area (Å²) in [6.45, 7) is 0.961. The number of rotatable bonds is 9. The summed E-state index contributed by atoms with van der Waals surface area (Å²) in [7, 11) is -0.593. The van der Waals surface area contributed by atoms with E-state index in [1.807, 2.05) is 0 Å². The lowest BCUT2D eigenvalue weighted by molar-refractivity contribution is 0.0922. The molecule has 2 aromatic carbocycles. The largest absolute Gasteiger partial charge is 0.497 e. The fourth-order valence-corrected chi connectivity index (χ4v) is 5.17. The van der Waals surface area contributed by atoms with E-state index in [2.05, 4.69) is 5.16 Å². The summed E-state index contributed by atoms with van der Waals surface area (Å²) in [6.07, 6.45) is 1.61. The Kier molecular flexibility index (Phi) is 6.78. The van der Waals surface area contributed by atoms with Crippen LogP contribution < -0.4 is 9.47 Å². The molecule has 1 aromatic heterocycles. The Labute approximate surface area is 187 Å². The minimum Gasteiger partial charge on any atom is -0.497 e. The highest BCUT2D eigenvalue weighted by Crippen LogP contribution is 2.34. The topological polar surface area (TPSA) is 91.1 Å². The maximum atomic E-state index is 13.4. The first-order chi connectivity index (χ1) is 15.5. The van der Waals surface area contributed by atoms with Gasteiger partial charge in [-0.2, -0.15) is 4.31 Å². The monoisotopic (exact) mass is 458 g/mol. The van der Waals surface area contributed by atoms with Crippen molar-refractivity contribution in [2.24, 2.45) is 0 Å². The van der Waals surface area contributed by atoms with Crippen LogP contribution in [-0.2, 0) is 21.3 Å². The van der Waals surface area contributed by atoms with Gasteiger partial charge in [0, 0.05) is 19.2 Å². The fraction of sp³-hybridized carbons (Fsp3) is 0.348. The molecule has 0 saturated carbocycles. The molecule has 0 amide bonds. The molecule has 1 saturated heterocycles. The predicted molar refractivity (Wildman–Crippen MR) is 118 cm³/mol. The summed E-state index contributed by atoms with van der Waals surface area (Å²) in [5, 5.41) is 4.13. The van der Waals surface area contributed by atoms with E-state index in [9.17, 15) is 8.42 Å². The molecule has 4 rings (SSSR count). The molecule has 0 radical (unpaired) electrons. The number of hydrogen-bond donors (Lipinski definition) is 0. The number of nitrogens with zero attached hydrogens (tertiary/aromatic N) is 2. The number of sulfonamides is 1. The molecule has 0 aliphatic carbocycles. The van der Waals surface area contributed by atoms with Crippen LogP contribution in [-0.4, -0.2) is 51.4 Å². The molecule has 1 fully saturated rings. The summed E-state index contributed by atoms with van der Waals surface area (Å²) in [6, 6.07) is 15.5. The van der Waals surface area contributed by atoms with Crippen LogP contribution in [0.4, 0.5) is 0 Å². The first-order valence-electron chi connectivity index (χ1n) is 10.4. The minimum absolute atomic E-state index is 0.0624. The zero-order chi connectivity index (χ0) is 22.6. The second kappa shape index (κ2) is 9.72. The Bertz CT molecular complexity index is 1140. The molecule has 8 nitrogen and oxygen atoms in total. The average molecular weight is 459 g/mol. The second-order valence-corrected chi connectivity index (χ2v) is 9.43. The molecular weight excluding hydrogens is 432 g/mol. The molecule has 9 heteroatoms. The van der Waals surface area contributed by atoms with E-state index in [4.69, 9.17) is 18.7 Å². The first-order valence-corrected chi connectivity index (χ1v) is 11.8. The van der Waals surface area contributed by atoms with Gasteiger partial charge in [0.2, 0.25) is 10.0 Å². The number of ether oxygens (including phenoxy) is 3. The van der Waals surface area contributed by atoms with Gasteiger partial charge in [0.05, 0.1) is 43.0 Å². The molecular formula is C23H26N2O6S. The molecule has 3 aromatic rings. The van der Waals surface area contributed by atoms with E-state index >= 15 is 0 Å². The van der Waals surface area contributed by atoms with Gasteiger partial charge in [0.1, 0.15) is 11.5 Å². The summed E-state index contributed by atoms with van der Waals surface area (Å²) < 4.78 is 50.1. The van der Waals surface area contributed by atoms with Gasteiger partial charge in [0.15, 0.2) is 5.76 Å². The van der Waals surface area contributed by atoms with Crippen molar-refractivity contribution in [3.63, 3.8) is 0 Å². The van der Waals surface area contributed by atoms with Gasteiger partial charge < -0.3 is 18.7 Å². The zero-order valence-electron chi connectivity index (χ0n) is 18.1. The van der Waals surface area contributed by atoms with Crippen molar-refractivity contribution in [1.82, 2.24) is 9.46 Å². The van der Waals surface area contributed by atoms with Gasteiger partial charge in [0.25, 0.3) is 0 Å². The molecule has 1 aliphatic heterocycles. The zero-order valence-corrected chi connectivity index (χ0v) is 18.9. The Balaban J connectivity index is 1.63. The maximum absolute atomic E-state index is 13.4. The van der Waals surface area contributed by atoms with E-state index in [-0.39, 0.29) is 24.1 Å². The van der Waals surface area contributed by atoms with Crippen LogP contribution in [0.15, 0.2) is 64.0 Å². The SMILES string of the molecule is COc1ccc(OC)c(-c2cc(CN(C[C@H]3CCCO3)S(=O)(=O)c3ccccc3)no2)c1. The van der Waals surface area contributed by atoms with Crippen molar-refractivity contribution in [2.75, 3.05) is 27.4 Å². The van der Waals surface area contributed by atoms with Crippen molar-refractivity contribution >= 4 is 10.0 Å². The lowest BCUT2D eigenvalue weighted by atomic mass is 10.1. The summed E-state index contributed by atoms with van der Waals surface area (Å²) in [5.74, 6) is 1.71. The van der Waals surface area contributed by atoms with Crippen LogP contribution in [0.25, 0.3) is 11.3 Å². The normalized spacial score (nSPS) is 16.4. The second-order valence-electron chi connectivity index (χ2n) is 7.49. The summed E-state index contributed by atoms with van der Waals surface area (Å²) >= 11 is 0. The fourth-order valence-electron chi connectivity index (χ4n) is 3.71. The highest BCUT2D eigenvalue weighted by molar-refractivity contribution is 7.89. The van der Waals surface area contributed by atoms with Crippen LogP contribution in [0, 0.1) is 0 Å². The molecule has 170 valence electrons. The molecule has 2 heterocycles. The number of benzene rings is 2.